The quantitative estimate of drug-likeness (QED) is 0.859. The smallest absolute Gasteiger partial charge is 0.0234 e. The number of nitrogens with zero attached hydrogens (tertiary/aromatic N) is 2. The summed E-state index contributed by atoms with van der Waals surface area (Å²) in [6, 6.07) is 10.3. The molecule has 20 heavy (non-hydrogen) atoms. The second-order valence-electron chi connectivity index (χ2n) is 6.50. The van der Waals surface area contributed by atoms with Crippen LogP contribution in [0.4, 0.5) is 0 Å². The number of likely N-dealkylation sites (tertiary alicyclic amines) is 1. The molecule has 1 atom stereocenters. The molecule has 0 radical (unpaired) electrons. The molecule has 0 saturated carbocycles. The van der Waals surface area contributed by atoms with Crippen molar-refractivity contribution < 1.29 is 0 Å². The number of nitrogens with one attached hydrogen (secondary N) is 1. The summed E-state index contributed by atoms with van der Waals surface area (Å²) in [5.41, 5.74) is 2.83. The predicted octanol–water partition coefficient (Wildman–Crippen LogP) is 2.32. The fourth-order valence-corrected chi connectivity index (χ4v) is 2.80. The van der Waals surface area contributed by atoms with Gasteiger partial charge in [0.15, 0.2) is 0 Å². The van der Waals surface area contributed by atoms with Crippen LogP contribution >= 0.6 is 0 Å². The first-order chi connectivity index (χ1) is 9.54. The Labute approximate surface area is 124 Å². The topological polar surface area (TPSA) is 18.5 Å². The maximum Gasteiger partial charge on any atom is 0.0234 e. The molecule has 112 valence electrons. The fourth-order valence-electron chi connectivity index (χ4n) is 2.80. The lowest BCUT2D eigenvalue weighted by atomic mass is 10.1. The molecule has 1 heterocycles. The van der Waals surface area contributed by atoms with E-state index in [9.17, 15) is 0 Å². The van der Waals surface area contributed by atoms with Gasteiger partial charge in [-0.3, -0.25) is 4.90 Å². The van der Waals surface area contributed by atoms with Gasteiger partial charge in [-0.1, -0.05) is 38.1 Å². The third kappa shape index (κ3) is 4.58. The zero-order valence-corrected chi connectivity index (χ0v) is 13.4. The molecule has 1 saturated heterocycles. The van der Waals surface area contributed by atoms with Crippen molar-refractivity contribution in [2.75, 3.05) is 27.2 Å². The summed E-state index contributed by atoms with van der Waals surface area (Å²) < 4.78 is 0. The molecule has 1 aromatic rings. The van der Waals surface area contributed by atoms with Gasteiger partial charge < -0.3 is 10.2 Å². The third-order valence-corrected chi connectivity index (χ3v) is 4.09. The summed E-state index contributed by atoms with van der Waals surface area (Å²) in [5, 5.41) is 3.48. The first-order valence-electron chi connectivity index (χ1n) is 7.74. The highest BCUT2D eigenvalue weighted by Gasteiger charge is 2.23. The van der Waals surface area contributed by atoms with Crippen molar-refractivity contribution in [3.8, 4) is 0 Å². The maximum absolute atomic E-state index is 3.48. The Bertz CT molecular complexity index is 414. The average molecular weight is 275 g/mol. The van der Waals surface area contributed by atoms with Gasteiger partial charge in [0.2, 0.25) is 0 Å². The molecular formula is C17H29N3. The Kier molecular flexibility index (Phi) is 5.58. The molecule has 1 aliphatic rings. The Morgan fingerprint density at radius 3 is 2.70 bits per heavy atom. The van der Waals surface area contributed by atoms with Gasteiger partial charge in [-0.05, 0) is 31.6 Å². The minimum absolute atomic E-state index is 0.540. The van der Waals surface area contributed by atoms with Crippen molar-refractivity contribution in [2.45, 2.75) is 45.4 Å². The van der Waals surface area contributed by atoms with Gasteiger partial charge in [-0.15, -0.1) is 0 Å². The molecule has 0 spiro atoms. The van der Waals surface area contributed by atoms with E-state index in [0.29, 0.717) is 6.04 Å². The monoisotopic (exact) mass is 275 g/mol. The van der Waals surface area contributed by atoms with E-state index in [0.717, 1.165) is 19.1 Å². The van der Waals surface area contributed by atoms with Gasteiger partial charge in [0.05, 0.1) is 0 Å². The van der Waals surface area contributed by atoms with Crippen LogP contribution in [0.2, 0.25) is 0 Å². The van der Waals surface area contributed by atoms with Crippen LogP contribution in [0, 0.1) is 0 Å². The van der Waals surface area contributed by atoms with Gasteiger partial charge in [0, 0.05) is 38.3 Å². The van der Waals surface area contributed by atoms with E-state index in [-0.39, 0.29) is 0 Å². The lowest BCUT2D eigenvalue weighted by Gasteiger charge is -2.20. The van der Waals surface area contributed by atoms with Crippen LogP contribution in [-0.4, -0.2) is 49.1 Å². The molecular weight excluding hydrogens is 246 g/mol. The van der Waals surface area contributed by atoms with E-state index in [1.807, 2.05) is 0 Å². The molecule has 1 aromatic carbocycles. The van der Waals surface area contributed by atoms with E-state index >= 15 is 0 Å². The molecule has 0 aliphatic carbocycles. The molecule has 3 nitrogen and oxygen atoms in total. The van der Waals surface area contributed by atoms with Crippen LogP contribution in [0.1, 0.15) is 31.4 Å². The van der Waals surface area contributed by atoms with Crippen LogP contribution < -0.4 is 5.32 Å². The Morgan fingerprint density at radius 1 is 1.30 bits per heavy atom. The van der Waals surface area contributed by atoms with Crippen LogP contribution in [0.5, 0.6) is 0 Å². The normalized spacial score (nSPS) is 20.2. The Morgan fingerprint density at radius 2 is 2.05 bits per heavy atom. The minimum Gasteiger partial charge on any atom is -0.310 e. The van der Waals surface area contributed by atoms with E-state index < -0.39 is 0 Å². The van der Waals surface area contributed by atoms with Gasteiger partial charge in [-0.25, -0.2) is 0 Å². The Hall–Kier alpha value is -0.900. The zero-order valence-electron chi connectivity index (χ0n) is 13.4. The van der Waals surface area contributed by atoms with Crippen molar-refractivity contribution in [3.63, 3.8) is 0 Å². The SMILES string of the molecule is CC(C)NCc1cccc(CN2CCC(N(C)C)C2)c1. The number of hydrogen-bond donors (Lipinski definition) is 1. The minimum atomic E-state index is 0.540. The summed E-state index contributed by atoms with van der Waals surface area (Å²) in [6.45, 7) is 8.84. The zero-order chi connectivity index (χ0) is 14.5. The van der Waals surface area contributed by atoms with Crippen molar-refractivity contribution in [1.29, 1.82) is 0 Å². The van der Waals surface area contributed by atoms with E-state index in [4.69, 9.17) is 0 Å². The van der Waals surface area contributed by atoms with Gasteiger partial charge in [-0.2, -0.15) is 0 Å². The number of likely N-dealkylation sites (N-methyl/N-ethyl adjacent to an activating group) is 1. The molecule has 1 fully saturated rings. The van der Waals surface area contributed by atoms with Gasteiger partial charge in [0.1, 0.15) is 0 Å². The highest BCUT2D eigenvalue weighted by molar-refractivity contribution is 5.23. The first kappa shape index (κ1) is 15.5. The van der Waals surface area contributed by atoms with Crippen LogP contribution in [-0.2, 0) is 13.1 Å². The second-order valence-corrected chi connectivity index (χ2v) is 6.50. The molecule has 0 amide bonds. The fraction of sp³-hybridized carbons (Fsp3) is 0.647. The number of rotatable bonds is 6. The first-order valence-corrected chi connectivity index (χ1v) is 7.74. The highest BCUT2D eigenvalue weighted by atomic mass is 15.2. The Balaban J connectivity index is 1.88. The molecule has 0 bridgehead atoms. The molecule has 0 aromatic heterocycles. The van der Waals surface area contributed by atoms with E-state index in [1.165, 1.54) is 30.6 Å². The van der Waals surface area contributed by atoms with Crippen LogP contribution in [0.3, 0.4) is 0 Å². The predicted molar refractivity (Wildman–Crippen MR) is 85.8 cm³/mol. The second kappa shape index (κ2) is 7.21. The van der Waals surface area contributed by atoms with Crippen molar-refractivity contribution in [2.24, 2.45) is 0 Å². The number of benzene rings is 1. The van der Waals surface area contributed by atoms with Crippen molar-refractivity contribution in [3.05, 3.63) is 35.4 Å². The molecule has 1 aliphatic heterocycles. The number of hydrogen-bond acceptors (Lipinski definition) is 3. The summed E-state index contributed by atoms with van der Waals surface area (Å²) >= 11 is 0. The van der Waals surface area contributed by atoms with E-state index in [2.05, 4.69) is 67.3 Å². The van der Waals surface area contributed by atoms with Crippen molar-refractivity contribution >= 4 is 0 Å². The largest absolute Gasteiger partial charge is 0.310 e. The van der Waals surface area contributed by atoms with Gasteiger partial charge in [0.25, 0.3) is 0 Å². The summed E-state index contributed by atoms with van der Waals surface area (Å²) in [6.07, 6.45) is 1.29. The molecule has 1 N–H and O–H groups in total. The highest BCUT2D eigenvalue weighted by Crippen LogP contribution is 2.17. The van der Waals surface area contributed by atoms with Crippen LogP contribution in [0.15, 0.2) is 24.3 Å². The summed E-state index contributed by atoms with van der Waals surface area (Å²) in [7, 11) is 4.37. The average Bonchev–Trinajstić information content (AvgIpc) is 2.85. The standard InChI is InChI=1S/C17H29N3/c1-14(2)18-11-15-6-5-7-16(10-15)12-20-9-8-17(13-20)19(3)4/h5-7,10,14,17-18H,8-9,11-13H2,1-4H3. The lowest BCUT2D eigenvalue weighted by molar-refractivity contribution is 0.264. The van der Waals surface area contributed by atoms with Gasteiger partial charge >= 0.3 is 0 Å². The molecule has 3 heteroatoms. The maximum atomic E-state index is 3.48. The van der Waals surface area contributed by atoms with Crippen molar-refractivity contribution in [1.82, 2.24) is 15.1 Å². The third-order valence-electron chi connectivity index (χ3n) is 4.09. The molecule has 1 unspecified atom stereocenters. The summed E-state index contributed by atoms with van der Waals surface area (Å²) in [5.74, 6) is 0. The summed E-state index contributed by atoms with van der Waals surface area (Å²) in [4.78, 5) is 4.92. The molecule has 2 rings (SSSR count). The van der Waals surface area contributed by atoms with Crippen LogP contribution in [0.25, 0.3) is 0 Å². The lowest BCUT2D eigenvalue weighted by Crippen LogP contribution is -2.31. The van der Waals surface area contributed by atoms with E-state index in [1.54, 1.807) is 0 Å².